The lowest BCUT2D eigenvalue weighted by Gasteiger charge is -2.14. The first kappa shape index (κ1) is 14.1. The minimum atomic E-state index is -0.811. The first-order chi connectivity index (χ1) is 8.99. The molecule has 2 rings (SSSR count). The van der Waals surface area contributed by atoms with Gasteiger partial charge in [-0.05, 0) is 44.5 Å². The van der Waals surface area contributed by atoms with Crippen LogP contribution < -0.4 is 0 Å². The summed E-state index contributed by atoms with van der Waals surface area (Å²) in [7, 11) is 0. The second-order valence-corrected chi connectivity index (χ2v) is 5.78. The molecule has 0 heterocycles. The fourth-order valence-electron chi connectivity index (χ4n) is 2.04. The maximum absolute atomic E-state index is 13.8. The molecular weight excluding hydrogens is 259 g/mol. The third-order valence-corrected chi connectivity index (χ3v) is 4.23. The van der Waals surface area contributed by atoms with E-state index < -0.39 is 6.10 Å². The van der Waals surface area contributed by atoms with Gasteiger partial charge in [-0.2, -0.15) is 0 Å². The summed E-state index contributed by atoms with van der Waals surface area (Å²) < 4.78 is 13.8. The molecule has 2 aromatic carbocycles. The molecule has 0 fully saturated rings. The number of rotatable bonds is 3. The zero-order chi connectivity index (χ0) is 14.0. The number of aliphatic hydroxyl groups is 1. The van der Waals surface area contributed by atoms with E-state index >= 15 is 0 Å². The highest BCUT2D eigenvalue weighted by Gasteiger charge is 2.14. The van der Waals surface area contributed by atoms with Crippen molar-refractivity contribution in [3.05, 3.63) is 58.9 Å². The Morgan fingerprint density at radius 2 is 1.84 bits per heavy atom. The van der Waals surface area contributed by atoms with E-state index in [1.165, 1.54) is 23.4 Å². The number of halogens is 1. The van der Waals surface area contributed by atoms with Crippen molar-refractivity contribution in [1.82, 2.24) is 0 Å². The lowest BCUT2D eigenvalue weighted by atomic mass is 10.1. The smallest absolute Gasteiger partial charge is 0.130 e. The Morgan fingerprint density at radius 1 is 1.11 bits per heavy atom. The molecule has 0 aliphatic heterocycles. The van der Waals surface area contributed by atoms with Crippen molar-refractivity contribution >= 4 is 11.8 Å². The SMILES string of the molecule is Cc1ccc(Sc2cccc(F)c2[C@H](C)O)c(C)c1. The van der Waals surface area contributed by atoms with Gasteiger partial charge in [-0.25, -0.2) is 4.39 Å². The molecule has 1 atom stereocenters. The van der Waals surface area contributed by atoms with Crippen LogP contribution in [0.25, 0.3) is 0 Å². The lowest BCUT2D eigenvalue weighted by Crippen LogP contribution is -1.98. The second kappa shape index (κ2) is 5.76. The number of aryl methyl sites for hydroxylation is 2. The highest BCUT2D eigenvalue weighted by atomic mass is 32.2. The Hall–Kier alpha value is -1.32. The maximum Gasteiger partial charge on any atom is 0.130 e. The van der Waals surface area contributed by atoms with Crippen molar-refractivity contribution in [3.63, 3.8) is 0 Å². The molecule has 0 aliphatic carbocycles. The Balaban J connectivity index is 2.41. The van der Waals surface area contributed by atoms with Gasteiger partial charge < -0.3 is 5.11 Å². The average Bonchev–Trinajstić information content (AvgIpc) is 2.32. The van der Waals surface area contributed by atoms with E-state index in [9.17, 15) is 9.50 Å². The topological polar surface area (TPSA) is 20.2 Å². The van der Waals surface area contributed by atoms with Crippen molar-refractivity contribution in [2.75, 3.05) is 0 Å². The maximum atomic E-state index is 13.8. The Labute approximate surface area is 117 Å². The molecule has 0 radical (unpaired) electrons. The van der Waals surface area contributed by atoms with Gasteiger partial charge in [0, 0.05) is 15.4 Å². The molecule has 0 bridgehead atoms. The van der Waals surface area contributed by atoms with Gasteiger partial charge in [0.15, 0.2) is 0 Å². The number of aliphatic hydroxyl groups excluding tert-OH is 1. The Bertz CT molecular complexity index is 593. The van der Waals surface area contributed by atoms with E-state index in [1.54, 1.807) is 13.0 Å². The van der Waals surface area contributed by atoms with Crippen LogP contribution in [0.4, 0.5) is 4.39 Å². The van der Waals surface area contributed by atoms with Crippen LogP contribution in [0.1, 0.15) is 29.7 Å². The number of benzene rings is 2. The summed E-state index contributed by atoms with van der Waals surface area (Å²) in [5.74, 6) is -0.357. The quantitative estimate of drug-likeness (QED) is 0.880. The van der Waals surface area contributed by atoms with Gasteiger partial charge >= 0.3 is 0 Å². The van der Waals surface area contributed by atoms with Crippen LogP contribution in [0.2, 0.25) is 0 Å². The predicted octanol–water partition coefficient (Wildman–Crippen LogP) is 4.65. The van der Waals surface area contributed by atoms with Gasteiger partial charge in [0.2, 0.25) is 0 Å². The van der Waals surface area contributed by atoms with E-state index in [2.05, 4.69) is 6.07 Å². The summed E-state index contributed by atoms with van der Waals surface area (Å²) in [4.78, 5) is 1.85. The minimum Gasteiger partial charge on any atom is -0.389 e. The molecule has 1 nitrogen and oxygen atoms in total. The molecule has 100 valence electrons. The molecule has 0 saturated carbocycles. The first-order valence-corrected chi connectivity index (χ1v) is 7.02. The van der Waals surface area contributed by atoms with Crippen LogP contribution in [0, 0.1) is 19.7 Å². The number of hydrogen-bond acceptors (Lipinski definition) is 2. The summed E-state index contributed by atoms with van der Waals surface area (Å²) >= 11 is 1.49. The lowest BCUT2D eigenvalue weighted by molar-refractivity contribution is 0.191. The Morgan fingerprint density at radius 3 is 2.47 bits per heavy atom. The minimum absolute atomic E-state index is 0.357. The monoisotopic (exact) mass is 276 g/mol. The molecule has 0 unspecified atom stereocenters. The zero-order valence-electron chi connectivity index (χ0n) is 11.3. The third kappa shape index (κ3) is 3.17. The van der Waals surface area contributed by atoms with Gasteiger partial charge in [0.1, 0.15) is 5.82 Å². The largest absolute Gasteiger partial charge is 0.389 e. The fourth-order valence-corrected chi connectivity index (χ4v) is 3.16. The van der Waals surface area contributed by atoms with Gasteiger partial charge in [-0.1, -0.05) is 35.5 Å². The second-order valence-electron chi connectivity index (χ2n) is 4.70. The molecule has 19 heavy (non-hydrogen) atoms. The van der Waals surface area contributed by atoms with Crippen molar-refractivity contribution in [1.29, 1.82) is 0 Å². The van der Waals surface area contributed by atoms with Crippen molar-refractivity contribution < 1.29 is 9.50 Å². The average molecular weight is 276 g/mol. The van der Waals surface area contributed by atoms with E-state index in [4.69, 9.17) is 0 Å². The highest BCUT2D eigenvalue weighted by Crippen LogP contribution is 2.36. The van der Waals surface area contributed by atoms with E-state index in [-0.39, 0.29) is 5.82 Å². The van der Waals surface area contributed by atoms with Crippen LogP contribution >= 0.6 is 11.8 Å². The number of hydrogen-bond donors (Lipinski definition) is 1. The zero-order valence-corrected chi connectivity index (χ0v) is 12.1. The molecule has 2 aromatic rings. The molecule has 0 aromatic heterocycles. The van der Waals surface area contributed by atoms with Crippen LogP contribution in [-0.2, 0) is 0 Å². The summed E-state index contributed by atoms with van der Waals surface area (Å²) in [6.45, 7) is 5.67. The fraction of sp³-hybridized carbons (Fsp3) is 0.250. The van der Waals surface area contributed by atoms with Gasteiger partial charge in [0.25, 0.3) is 0 Å². The van der Waals surface area contributed by atoms with Crippen molar-refractivity contribution in [3.8, 4) is 0 Å². The highest BCUT2D eigenvalue weighted by molar-refractivity contribution is 7.99. The standard InChI is InChI=1S/C16H17FOS/c1-10-7-8-14(11(2)9-10)19-15-6-4-5-13(17)16(15)12(3)18/h4-9,12,18H,1-3H3/t12-/m0/s1. The van der Waals surface area contributed by atoms with Crippen LogP contribution in [0.3, 0.4) is 0 Å². The molecule has 0 spiro atoms. The molecule has 3 heteroatoms. The van der Waals surface area contributed by atoms with Crippen molar-refractivity contribution in [2.45, 2.75) is 36.7 Å². The van der Waals surface area contributed by atoms with Gasteiger partial charge in [-0.3, -0.25) is 0 Å². The van der Waals surface area contributed by atoms with E-state index in [0.29, 0.717) is 5.56 Å². The van der Waals surface area contributed by atoms with E-state index in [0.717, 1.165) is 15.4 Å². The van der Waals surface area contributed by atoms with Crippen LogP contribution in [0.5, 0.6) is 0 Å². The first-order valence-electron chi connectivity index (χ1n) is 6.20. The summed E-state index contributed by atoms with van der Waals surface area (Å²) in [5.41, 5.74) is 2.73. The predicted molar refractivity (Wildman–Crippen MR) is 77.1 cm³/mol. The molecule has 0 aliphatic rings. The Kier molecular flexibility index (Phi) is 4.27. The van der Waals surface area contributed by atoms with E-state index in [1.807, 2.05) is 32.0 Å². The van der Waals surface area contributed by atoms with Gasteiger partial charge in [-0.15, -0.1) is 0 Å². The van der Waals surface area contributed by atoms with Crippen LogP contribution in [-0.4, -0.2) is 5.11 Å². The molecule has 0 saturated heterocycles. The van der Waals surface area contributed by atoms with Gasteiger partial charge in [0.05, 0.1) is 6.10 Å². The van der Waals surface area contributed by atoms with Crippen LogP contribution in [0.15, 0.2) is 46.2 Å². The summed E-state index contributed by atoms with van der Waals surface area (Å²) in [6, 6.07) is 11.1. The molecular formula is C16H17FOS. The summed E-state index contributed by atoms with van der Waals surface area (Å²) in [6.07, 6.45) is -0.811. The normalized spacial score (nSPS) is 12.5. The molecule has 1 N–H and O–H groups in total. The third-order valence-electron chi connectivity index (χ3n) is 2.98. The molecule has 0 amide bonds. The summed E-state index contributed by atoms with van der Waals surface area (Å²) in [5, 5.41) is 9.72. The van der Waals surface area contributed by atoms with Crippen molar-refractivity contribution in [2.24, 2.45) is 0 Å².